The summed E-state index contributed by atoms with van der Waals surface area (Å²) < 4.78 is 0. The molecule has 2 rings (SSSR count). The van der Waals surface area contributed by atoms with E-state index in [9.17, 15) is 5.11 Å². The zero-order valence-electron chi connectivity index (χ0n) is 8.19. The Kier molecular flexibility index (Phi) is 2.37. The fourth-order valence-electron chi connectivity index (χ4n) is 1.40. The van der Waals surface area contributed by atoms with Gasteiger partial charge in [0.05, 0.1) is 5.39 Å². The van der Waals surface area contributed by atoms with Crippen LogP contribution in [-0.4, -0.2) is 15.1 Å². The molecule has 0 spiro atoms. The maximum absolute atomic E-state index is 9.47. The molecule has 0 fully saturated rings. The summed E-state index contributed by atoms with van der Waals surface area (Å²) >= 11 is 1.63. The van der Waals surface area contributed by atoms with E-state index in [1.165, 1.54) is 11.2 Å². The fourth-order valence-corrected chi connectivity index (χ4v) is 2.60. The third-order valence-electron chi connectivity index (χ3n) is 1.97. The van der Waals surface area contributed by atoms with Crippen LogP contribution in [0.5, 0.6) is 5.88 Å². The Balaban J connectivity index is 2.46. The maximum atomic E-state index is 9.47. The molecule has 1 N–H and O–H groups in total. The predicted molar refractivity (Wildman–Crippen MR) is 57.6 cm³/mol. The van der Waals surface area contributed by atoms with Crippen LogP contribution in [0.4, 0.5) is 0 Å². The predicted octanol–water partition coefficient (Wildman–Crippen LogP) is 2.60. The van der Waals surface area contributed by atoms with E-state index >= 15 is 0 Å². The average Bonchev–Trinajstić information content (AvgIpc) is 2.47. The van der Waals surface area contributed by atoms with Crippen molar-refractivity contribution in [2.24, 2.45) is 5.92 Å². The molecule has 0 saturated carbocycles. The van der Waals surface area contributed by atoms with E-state index in [-0.39, 0.29) is 5.88 Å². The number of hydrogen-bond acceptors (Lipinski definition) is 4. The van der Waals surface area contributed by atoms with E-state index in [1.54, 1.807) is 11.3 Å². The van der Waals surface area contributed by atoms with E-state index in [0.29, 0.717) is 5.92 Å². The number of aromatic nitrogens is 2. The van der Waals surface area contributed by atoms with Crippen molar-refractivity contribution in [3.63, 3.8) is 0 Å². The van der Waals surface area contributed by atoms with Crippen molar-refractivity contribution < 1.29 is 5.11 Å². The van der Waals surface area contributed by atoms with Crippen molar-refractivity contribution >= 4 is 21.6 Å². The maximum Gasteiger partial charge on any atom is 0.222 e. The molecule has 4 heteroatoms. The third-order valence-corrected chi connectivity index (χ3v) is 3.03. The fraction of sp³-hybridized carbons (Fsp3) is 0.400. The van der Waals surface area contributed by atoms with Crippen LogP contribution in [0, 0.1) is 5.92 Å². The second-order valence-electron chi connectivity index (χ2n) is 3.73. The second kappa shape index (κ2) is 3.53. The highest BCUT2D eigenvalue weighted by molar-refractivity contribution is 7.18. The molecular weight excluding hydrogens is 196 g/mol. The van der Waals surface area contributed by atoms with Crippen molar-refractivity contribution in [1.82, 2.24) is 9.97 Å². The molecule has 0 aromatic carbocycles. The number of aromatic hydroxyl groups is 1. The first-order valence-electron chi connectivity index (χ1n) is 4.59. The molecule has 2 aromatic heterocycles. The van der Waals surface area contributed by atoms with Crippen molar-refractivity contribution in [1.29, 1.82) is 0 Å². The van der Waals surface area contributed by atoms with Crippen LogP contribution in [0.3, 0.4) is 0 Å². The standard InChI is InChI=1S/C10H12N2OS/c1-6(2)3-7-4-8-9(13)11-5-12-10(8)14-7/h4-6H,3H2,1-2H3,(H,11,12,13). The van der Waals surface area contributed by atoms with Crippen LogP contribution in [0.25, 0.3) is 10.2 Å². The first kappa shape index (κ1) is 9.40. The summed E-state index contributed by atoms with van der Waals surface area (Å²) in [6.45, 7) is 4.35. The van der Waals surface area contributed by atoms with Gasteiger partial charge in [-0.25, -0.2) is 9.97 Å². The summed E-state index contributed by atoms with van der Waals surface area (Å²) in [5.74, 6) is 0.708. The van der Waals surface area contributed by atoms with Crippen LogP contribution in [0.1, 0.15) is 18.7 Å². The molecule has 0 amide bonds. The summed E-state index contributed by atoms with van der Waals surface area (Å²) in [7, 11) is 0. The van der Waals surface area contributed by atoms with Gasteiger partial charge in [-0.3, -0.25) is 0 Å². The Bertz CT molecular complexity index is 450. The van der Waals surface area contributed by atoms with Gasteiger partial charge in [0, 0.05) is 4.88 Å². The number of hydrogen-bond donors (Lipinski definition) is 1. The van der Waals surface area contributed by atoms with Gasteiger partial charge in [-0.1, -0.05) is 13.8 Å². The van der Waals surface area contributed by atoms with E-state index in [1.807, 2.05) is 6.07 Å². The summed E-state index contributed by atoms with van der Waals surface area (Å²) in [4.78, 5) is 9.99. The average molecular weight is 208 g/mol. The summed E-state index contributed by atoms with van der Waals surface area (Å²) in [5.41, 5.74) is 0. The van der Waals surface area contributed by atoms with Gasteiger partial charge < -0.3 is 5.11 Å². The van der Waals surface area contributed by atoms with Gasteiger partial charge in [-0.05, 0) is 18.4 Å². The molecule has 2 heterocycles. The SMILES string of the molecule is CC(C)Cc1cc2c(O)ncnc2s1. The Hall–Kier alpha value is -1.16. The lowest BCUT2D eigenvalue weighted by molar-refractivity contribution is 0.459. The van der Waals surface area contributed by atoms with Gasteiger partial charge in [0.25, 0.3) is 0 Å². The van der Waals surface area contributed by atoms with Crippen molar-refractivity contribution in [2.75, 3.05) is 0 Å². The lowest BCUT2D eigenvalue weighted by Crippen LogP contribution is -1.89. The van der Waals surface area contributed by atoms with Crippen LogP contribution in [-0.2, 0) is 6.42 Å². The lowest BCUT2D eigenvalue weighted by atomic mass is 10.1. The number of rotatable bonds is 2. The number of fused-ring (bicyclic) bond motifs is 1. The van der Waals surface area contributed by atoms with E-state index in [0.717, 1.165) is 16.6 Å². The van der Waals surface area contributed by atoms with E-state index in [4.69, 9.17) is 0 Å². The Labute approximate surface area is 86.4 Å². The molecular formula is C10H12N2OS. The van der Waals surface area contributed by atoms with Crippen molar-refractivity contribution in [3.05, 3.63) is 17.3 Å². The minimum absolute atomic E-state index is 0.0845. The topological polar surface area (TPSA) is 46.0 Å². The van der Waals surface area contributed by atoms with Gasteiger partial charge in [-0.15, -0.1) is 11.3 Å². The molecule has 0 aliphatic carbocycles. The van der Waals surface area contributed by atoms with Crippen LogP contribution >= 0.6 is 11.3 Å². The monoisotopic (exact) mass is 208 g/mol. The molecule has 14 heavy (non-hydrogen) atoms. The zero-order chi connectivity index (χ0) is 10.1. The lowest BCUT2D eigenvalue weighted by Gasteiger charge is -1.98. The van der Waals surface area contributed by atoms with E-state index < -0.39 is 0 Å². The zero-order valence-corrected chi connectivity index (χ0v) is 9.01. The van der Waals surface area contributed by atoms with Gasteiger partial charge in [-0.2, -0.15) is 0 Å². The highest BCUT2D eigenvalue weighted by Crippen LogP contribution is 2.29. The van der Waals surface area contributed by atoms with Gasteiger partial charge in [0.1, 0.15) is 11.2 Å². The van der Waals surface area contributed by atoms with E-state index in [2.05, 4.69) is 23.8 Å². The van der Waals surface area contributed by atoms with Crippen molar-refractivity contribution in [3.8, 4) is 5.88 Å². The molecule has 0 aliphatic heterocycles. The molecule has 0 atom stereocenters. The van der Waals surface area contributed by atoms with Gasteiger partial charge >= 0.3 is 0 Å². The van der Waals surface area contributed by atoms with Crippen molar-refractivity contribution in [2.45, 2.75) is 20.3 Å². The molecule has 0 bridgehead atoms. The van der Waals surface area contributed by atoms with Gasteiger partial charge in [0.15, 0.2) is 0 Å². The smallest absolute Gasteiger partial charge is 0.222 e. The summed E-state index contributed by atoms with van der Waals surface area (Å²) in [6, 6.07) is 1.98. The Morgan fingerprint density at radius 1 is 1.43 bits per heavy atom. The highest BCUT2D eigenvalue weighted by Gasteiger charge is 2.08. The quantitative estimate of drug-likeness (QED) is 0.825. The van der Waals surface area contributed by atoms with Gasteiger partial charge in [0.2, 0.25) is 5.88 Å². The highest BCUT2D eigenvalue weighted by atomic mass is 32.1. The summed E-state index contributed by atoms with van der Waals surface area (Å²) in [6.07, 6.45) is 2.42. The second-order valence-corrected chi connectivity index (χ2v) is 4.84. The molecule has 3 nitrogen and oxygen atoms in total. The third kappa shape index (κ3) is 1.70. The molecule has 0 unspecified atom stereocenters. The molecule has 0 saturated heterocycles. The minimum atomic E-state index is 0.0845. The Morgan fingerprint density at radius 3 is 2.86 bits per heavy atom. The summed E-state index contributed by atoms with van der Waals surface area (Å²) in [5, 5.41) is 10.2. The number of nitrogens with zero attached hydrogens (tertiary/aromatic N) is 2. The first-order chi connectivity index (χ1) is 6.66. The van der Waals surface area contributed by atoms with Crippen LogP contribution in [0.15, 0.2) is 12.4 Å². The molecule has 74 valence electrons. The first-order valence-corrected chi connectivity index (χ1v) is 5.41. The minimum Gasteiger partial charge on any atom is -0.493 e. The van der Waals surface area contributed by atoms with Crippen LogP contribution in [0.2, 0.25) is 0 Å². The Morgan fingerprint density at radius 2 is 2.21 bits per heavy atom. The normalized spacial score (nSPS) is 11.4. The molecule has 2 aromatic rings. The molecule has 0 aliphatic rings. The van der Waals surface area contributed by atoms with Crippen LogP contribution < -0.4 is 0 Å². The number of thiophene rings is 1. The molecule has 0 radical (unpaired) electrons. The largest absolute Gasteiger partial charge is 0.493 e.